The molecule has 4 heteroatoms. The minimum absolute atomic E-state index is 0.370. The van der Waals surface area contributed by atoms with Gasteiger partial charge in [-0.1, -0.05) is 48.5 Å². The summed E-state index contributed by atoms with van der Waals surface area (Å²) in [7, 11) is 1.74. The first-order valence-electron chi connectivity index (χ1n) is 9.00. The van der Waals surface area contributed by atoms with Crippen molar-refractivity contribution in [3.8, 4) is 5.75 Å². The lowest BCUT2D eigenvalue weighted by atomic mass is 9.87. The molecule has 0 radical (unpaired) electrons. The molecular weight excluding hydrogens is 322 g/mol. The van der Waals surface area contributed by atoms with E-state index in [1.54, 1.807) is 13.4 Å². The molecule has 2 atom stereocenters. The molecular formula is C22H23N3O. The molecule has 2 heterocycles. The fraction of sp³-hybridized carbons (Fsp3) is 0.273. The van der Waals surface area contributed by atoms with Crippen LogP contribution in [0, 0.1) is 0 Å². The van der Waals surface area contributed by atoms with Gasteiger partial charge in [-0.15, -0.1) is 0 Å². The number of rotatable bonds is 5. The van der Waals surface area contributed by atoms with E-state index in [9.17, 15) is 0 Å². The number of hydrogen-bond donors (Lipinski definition) is 0. The van der Waals surface area contributed by atoms with Gasteiger partial charge < -0.3 is 4.74 Å². The number of para-hydroxylation sites is 1. The first kappa shape index (κ1) is 16.7. The van der Waals surface area contributed by atoms with E-state index < -0.39 is 0 Å². The molecule has 0 aliphatic carbocycles. The lowest BCUT2D eigenvalue weighted by Crippen LogP contribution is -2.20. The fourth-order valence-electron chi connectivity index (χ4n) is 3.95. The fourth-order valence-corrected chi connectivity index (χ4v) is 3.95. The van der Waals surface area contributed by atoms with Crippen LogP contribution in [0.4, 0.5) is 0 Å². The van der Waals surface area contributed by atoms with Crippen molar-refractivity contribution < 1.29 is 4.74 Å². The van der Waals surface area contributed by atoms with Gasteiger partial charge in [0.25, 0.3) is 0 Å². The molecule has 0 saturated carbocycles. The number of methoxy groups -OCH3 is 1. The van der Waals surface area contributed by atoms with Crippen molar-refractivity contribution in [2.45, 2.75) is 18.4 Å². The Bertz CT molecular complexity index is 791. The number of ether oxygens (including phenoxy) is 1. The summed E-state index contributed by atoms with van der Waals surface area (Å²) in [6.45, 7) is 2.88. The van der Waals surface area contributed by atoms with Crippen LogP contribution in [-0.4, -0.2) is 35.1 Å². The number of nitrogens with zero attached hydrogens (tertiary/aromatic N) is 3. The summed E-state index contributed by atoms with van der Waals surface area (Å²) in [6.07, 6.45) is 3.49. The van der Waals surface area contributed by atoms with Gasteiger partial charge in [0.05, 0.1) is 7.11 Å². The van der Waals surface area contributed by atoms with Crippen LogP contribution in [0.3, 0.4) is 0 Å². The van der Waals surface area contributed by atoms with E-state index in [0.29, 0.717) is 11.8 Å². The molecule has 1 aliphatic rings. The zero-order valence-corrected chi connectivity index (χ0v) is 15.0. The second-order valence-electron chi connectivity index (χ2n) is 6.76. The number of aromatic nitrogens is 2. The standard InChI is InChI=1S/C22H23N3O/c1-26-22-10-6-5-9-18(22)13-25-14-19(17-7-3-2-4-8-17)20(15-25)21-11-12-23-16-24-21/h2-12,16,19-20H,13-15H2,1H3/t19-,20+/m0/s1. The van der Waals surface area contributed by atoms with E-state index in [0.717, 1.165) is 31.1 Å². The molecule has 0 amide bonds. The Balaban J connectivity index is 1.61. The smallest absolute Gasteiger partial charge is 0.123 e. The topological polar surface area (TPSA) is 38.2 Å². The van der Waals surface area contributed by atoms with E-state index in [-0.39, 0.29) is 0 Å². The maximum atomic E-state index is 5.53. The van der Waals surface area contributed by atoms with Crippen LogP contribution in [0.15, 0.2) is 73.2 Å². The lowest BCUT2D eigenvalue weighted by Gasteiger charge is -2.18. The van der Waals surface area contributed by atoms with E-state index in [1.807, 2.05) is 24.4 Å². The Morgan fingerprint density at radius 2 is 1.73 bits per heavy atom. The highest BCUT2D eigenvalue weighted by Gasteiger charge is 2.35. The summed E-state index contributed by atoms with van der Waals surface area (Å²) < 4.78 is 5.53. The predicted molar refractivity (Wildman–Crippen MR) is 102 cm³/mol. The van der Waals surface area contributed by atoms with Gasteiger partial charge in [0.15, 0.2) is 0 Å². The van der Waals surface area contributed by atoms with Crippen LogP contribution in [0.5, 0.6) is 5.75 Å². The Hall–Kier alpha value is -2.72. The quantitative estimate of drug-likeness (QED) is 0.704. The summed E-state index contributed by atoms with van der Waals surface area (Å²) in [5.74, 6) is 1.75. The van der Waals surface area contributed by atoms with E-state index in [4.69, 9.17) is 4.74 Å². The Kier molecular flexibility index (Phi) is 4.93. The van der Waals surface area contributed by atoms with Gasteiger partial charge in [0, 0.05) is 48.9 Å². The maximum Gasteiger partial charge on any atom is 0.123 e. The van der Waals surface area contributed by atoms with Gasteiger partial charge in [0.1, 0.15) is 12.1 Å². The third kappa shape index (κ3) is 3.46. The van der Waals surface area contributed by atoms with Gasteiger partial charge in [-0.3, -0.25) is 4.90 Å². The summed E-state index contributed by atoms with van der Waals surface area (Å²) >= 11 is 0. The van der Waals surface area contributed by atoms with Crippen molar-refractivity contribution >= 4 is 0 Å². The highest BCUT2D eigenvalue weighted by atomic mass is 16.5. The molecule has 1 saturated heterocycles. The highest BCUT2D eigenvalue weighted by molar-refractivity contribution is 5.34. The molecule has 1 fully saturated rings. The molecule has 0 spiro atoms. The molecule has 0 unspecified atom stereocenters. The van der Waals surface area contributed by atoms with Crippen LogP contribution in [0.1, 0.15) is 28.7 Å². The van der Waals surface area contributed by atoms with Crippen LogP contribution in [-0.2, 0) is 6.54 Å². The third-order valence-corrected chi connectivity index (χ3v) is 5.19. The van der Waals surface area contributed by atoms with Crippen molar-refractivity contribution in [2.75, 3.05) is 20.2 Å². The number of hydrogen-bond acceptors (Lipinski definition) is 4. The molecule has 3 aromatic rings. The van der Waals surface area contributed by atoms with Crippen LogP contribution >= 0.6 is 0 Å². The summed E-state index contributed by atoms with van der Waals surface area (Å²) in [5.41, 5.74) is 3.72. The average molecular weight is 345 g/mol. The lowest BCUT2D eigenvalue weighted by molar-refractivity contribution is 0.314. The van der Waals surface area contributed by atoms with E-state index in [2.05, 4.69) is 57.3 Å². The molecule has 132 valence electrons. The van der Waals surface area contributed by atoms with E-state index >= 15 is 0 Å². The monoisotopic (exact) mass is 345 g/mol. The predicted octanol–water partition coefficient (Wildman–Crippen LogP) is 3.87. The first-order chi connectivity index (χ1) is 12.8. The summed E-state index contributed by atoms with van der Waals surface area (Å²) in [5, 5.41) is 0. The molecule has 2 aromatic carbocycles. The Morgan fingerprint density at radius 3 is 2.50 bits per heavy atom. The van der Waals surface area contributed by atoms with Crippen LogP contribution < -0.4 is 4.74 Å². The Labute approximate surface area is 154 Å². The van der Waals surface area contributed by atoms with Crippen molar-refractivity contribution in [2.24, 2.45) is 0 Å². The van der Waals surface area contributed by atoms with E-state index in [1.165, 1.54) is 11.1 Å². The molecule has 4 nitrogen and oxygen atoms in total. The molecule has 1 aromatic heterocycles. The minimum Gasteiger partial charge on any atom is -0.496 e. The summed E-state index contributed by atoms with van der Waals surface area (Å²) in [4.78, 5) is 11.1. The van der Waals surface area contributed by atoms with Gasteiger partial charge in [0.2, 0.25) is 0 Å². The zero-order chi connectivity index (χ0) is 17.8. The SMILES string of the molecule is COc1ccccc1CN1C[C@@H](c2ccccc2)[C@H](c2ccncn2)C1. The van der Waals surface area contributed by atoms with Crippen molar-refractivity contribution in [1.29, 1.82) is 0 Å². The average Bonchev–Trinajstić information content (AvgIpc) is 3.13. The van der Waals surface area contributed by atoms with Crippen LogP contribution in [0.2, 0.25) is 0 Å². The van der Waals surface area contributed by atoms with Gasteiger partial charge in [-0.05, 0) is 17.7 Å². The van der Waals surface area contributed by atoms with Gasteiger partial charge in [-0.25, -0.2) is 9.97 Å². The van der Waals surface area contributed by atoms with Gasteiger partial charge >= 0.3 is 0 Å². The minimum atomic E-state index is 0.370. The third-order valence-electron chi connectivity index (χ3n) is 5.19. The zero-order valence-electron chi connectivity index (χ0n) is 15.0. The second kappa shape index (κ2) is 7.67. The first-order valence-corrected chi connectivity index (χ1v) is 9.00. The largest absolute Gasteiger partial charge is 0.496 e. The molecule has 4 rings (SSSR count). The maximum absolute atomic E-state index is 5.53. The summed E-state index contributed by atoms with van der Waals surface area (Å²) in [6, 6.07) is 21.1. The Morgan fingerprint density at radius 1 is 0.962 bits per heavy atom. The second-order valence-corrected chi connectivity index (χ2v) is 6.76. The van der Waals surface area contributed by atoms with Gasteiger partial charge in [-0.2, -0.15) is 0 Å². The molecule has 1 aliphatic heterocycles. The number of likely N-dealkylation sites (tertiary alicyclic amines) is 1. The number of benzene rings is 2. The van der Waals surface area contributed by atoms with Crippen molar-refractivity contribution in [3.05, 3.63) is 90.0 Å². The molecule has 26 heavy (non-hydrogen) atoms. The molecule has 0 bridgehead atoms. The normalized spacial score (nSPS) is 20.2. The van der Waals surface area contributed by atoms with Crippen molar-refractivity contribution in [3.63, 3.8) is 0 Å². The van der Waals surface area contributed by atoms with Crippen molar-refractivity contribution in [1.82, 2.24) is 14.9 Å². The highest BCUT2D eigenvalue weighted by Crippen LogP contribution is 2.39. The molecule has 0 N–H and O–H groups in total. The van der Waals surface area contributed by atoms with Crippen LogP contribution in [0.25, 0.3) is 0 Å².